The van der Waals surface area contributed by atoms with Crippen LogP contribution in [0.1, 0.15) is 39.5 Å². The van der Waals surface area contributed by atoms with Gasteiger partial charge in [-0.25, -0.2) is 13.1 Å². The van der Waals surface area contributed by atoms with Gasteiger partial charge in [0.25, 0.3) is 0 Å². The molecular weight excluding hydrogens is 252 g/mol. The van der Waals surface area contributed by atoms with Gasteiger partial charge in [0.2, 0.25) is 10.0 Å². The molecule has 18 heavy (non-hydrogen) atoms. The summed E-state index contributed by atoms with van der Waals surface area (Å²) in [7, 11) is -3.11. The molecule has 0 spiro atoms. The zero-order valence-corrected chi connectivity index (χ0v) is 12.5. The predicted octanol–water partition coefficient (Wildman–Crippen LogP) is 1.11. The lowest BCUT2D eigenvalue weighted by Gasteiger charge is -2.07. The molecule has 0 heterocycles. The summed E-state index contributed by atoms with van der Waals surface area (Å²) in [6, 6.07) is 0. The van der Waals surface area contributed by atoms with Crippen molar-refractivity contribution in [3.05, 3.63) is 0 Å². The van der Waals surface area contributed by atoms with Gasteiger partial charge in [0.05, 0.1) is 5.75 Å². The molecule has 2 N–H and O–H groups in total. The first-order valence-corrected chi connectivity index (χ1v) is 8.53. The van der Waals surface area contributed by atoms with E-state index in [4.69, 9.17) is 4.74 Å². The Kier molecular flexibility index (Phi) is 11.8. The topological polar surface area (TPSA) is 67.4 Å². The molecule has 0 rings (SSSR count). The van der Waals surface area contributed by atoms with Gasteiger partial charge in [-0.05, 0) is 38.8 Å². The lowest BCUT2D eigenvalue weighted by atomic mass is 10.4. The molecule has 0 aliphatic carbocycles. The van der Waals surface area contributed by atoms with Crippen molar-refractivity contribution in [2.75, 3.05) is 38.6 Å². The highest BCUT2D eigenvalue weighted by Crippen LogP contribution is 1.91. The van der Waals surface area contributed by atoms with Crippen LogP contribution < -0.4 is 10.0 Å². The molecule has 0 aromatic heterocycles. The van der Waals surface area contributed by atoms with Gasteiger partial charge in [-0.15, -0.1) is 0 Å². The van der Waals surface area contributed by atoms with Gasteiger partial charge in [0.15, 0.2) is 0 Å². The van der Waals surface area contributed by atoms with Crippen LogP contribution in [0.15, 0.2) is 0 Å². The van der Waals surface area contributed by atoms with E-state index in [0.29, 0.717) is 19.6 Å². The lowest BCUT2D eigenvalue weighted by molar-refractivity contribution is 0.133. The summed E-state index contributed by atoms with van der Waals surface area (Å²) in [4.78, 5) is 0. The highest BCUT2D eigenvalue weighted by atomic mass is 32.2. The molecule has 6 heteroatoms. The zero-order valence-electron chi connectivity index (χ0n) is 11.7. The second kappa shape index (κ2) is 11.9. The Morgan fingerprint density at radius 2 is 1.72 bits per heavy atom. The molecule has 0 atom stereocenters. The van der Waals surface area contributed by atoms with Crippen LogP contribution in [-0.2, 0) is 14.8 Å². The van der Waals surface area contributed by atoms with Crippen molar-refractivity contribution >= 4 is 10.0 Å². The van der Waals surface area contributed by atoms with Gasteiger partial charge >= 0.3 is 0 Å². The molecule has 5 nitrogen and oxygen atoms in total. The first-order chi connectivity index (χ1) is 8.62. The van der Waals surface area contributed by atoms with Crippen molar-refractivity contribution in [1.29, 1.82) is 0 Å². The van der Waals surface area contributed by atoms with E-state index in [-0.39, 0.29) is 5.75 Å². The van der Waals surface area contributed by atoms with Crippen LogP contribution in [0.4, 0.5) is 0 Å². The average Bonchev–Trinajstić information content (AvgIpc) is 2.33. The maximum absolute atomic E-state index is 11.6. The summed E-state index contributed by atoms with van der Waals surface area (Å²) in [6.45, 7) is 7.68. The van der Waals surface area contributed by atoms with Gasteiger partial charge in [-0.2, -0.15) is 0 Å². The molecule has 0 radical (unpaired) electrons. The number of hydrogen-bond donors (Lipinski definition) is 2. The minimum atomic E-state index is -3.11. The van der Waals surface area contributed by atoms with Crippen LogP contribution in [0.3, 0.4) is 0 Å². The van der Waals surface area contributed by atoms with Gasteiger partial charge in [0.1, 0.15) is 0 Å². The molecular formula is C12H28N2O3S. The third-order valence-corrected chi connectivity index (χ3v) is 3.80. The van der Waals surface area contributed by atoms with E-state index in [9.17, 15) is 8.42 Å². The summed E-state index contributed by atoms with van der Waals surface area (Å²) >= 11 is 0. The summed E-state index contributed by atoms with van der Waals surface area (Å²) in [5.74, 6) is 0.194. The minimum Gasteiger partial charge on any atom is -0.381 e. The number of ether oxygens (including phenoxy) is 1. The number of rotatable bonds is 13. The van der Waals surface area contributed by atoms with E-state index < -0.39 is 10.0 Å². The third-order valence-electron chi connectivity index (χ3n) is 2.33. The molecule has 0 aromatic carbocycles. The normalized spacial score (nSPS) is 11.9. The van der Waals surface area contributed by atoms with Crippen LogP contribution in [0.25, 0.3) is 0 Å². The monoisotopic (exact) mass is 280 g/mol. The fourth-order valence-corrected chi connectivity index (χ4v) is 2.53. The fourth-order valence-electron chi connectivity index (χ4n) is 1.41. The van der Waals surface area contributed by atoms with Crippen molar-refractivity contribution < 1.29 is 13.2 Å². The van der Waals surface area contributed by atoms with Crippen molar-refractivity contribution in [3.63, 3.8) is 0 Å². The Bertz CT molecular complexity index is 268. The van der Waals surface area contributed by atoms with Crippen LogP contribution in [0, 0.1) is 0 Å². The molecule has 0 saturated carbocycles. The Hall–Kier alpha value is -0.170. The van der Waals surface area contributed by atoms with Gasteiger partial charge in [0, 0.05) is 19.8 Å². The summed E-state index contributed by atoms with van der Waals surface area (Å²) in [5, 5.41) is 3.19. The highest BCUT2D eigenvalue weighted by Gasteiger charge is 2.08. The van der Waals surface area contributed by atoms with Gasteiger partial charge < -0.3 is 10.1 Å². The quantitative estimate of drug-likeness (QED) is 0.496. The van der Waals surface area contributed by atoms with E-state index in [1.165, 1.54) is 0 Å². The Morgan fingerprint density at radius 1 is 0.944 bits per heavy atom. The largest absolute Gasteiger partial charge is 0.381 e. The van der Waals surface area contributed by atoms with Crippen LogP contribution in [-0.4, -0.2) is 47.0 Å². The Morgan fingerprint density at radius 3 is 2.39 bits per heavy atom. The second-order valence-electron chi connectivity index (χ2n) is 4.28. The standard InChI is InChI=1S/C12H28N2O3S/c1-3-7-13-8-6-12-18(15,16)14-9-5-11-17-10-4-2/h13-14H,3-12H2,1-2H3. The van der Waals surface area contributed by atoms with Crippen LogP contribution in [0.5, 0.6) is 0 Å². The van der Waals surface area contributed by atoms with Gasteiger partial charge in [-0.1, -0.05) is 13.8 Å². The first kappa shape index (κ1) is 17.8. The molecule has 0 bridgehead atoms. The third kappa shape index (κ3) is 12.3. The molecule has 0 aromatic rings. The van der Waals surface area contributed by atoms with Crippen LogP contribution >= 0.6 is 0 Å². The van der Waals surface area contributed by atoms with Crippen molar-refractivity contribution in [3.8, 4) is 0 Å². The summed E-state index contributed by atoms with van der Waals surface area (Å²) < 4.78 is 31.0. The average molecular weight is 280 g/mol. The molecule has 0 saturated heterocycles. The SMILES string of the molecule is CCCNCCCS(=O)(=O)NCCCOCCC. The minimum absolute atomic E-state index is 0.194. The number of nitrogens with one attached hydrogen (secondary N) is 2. The molecule has 0 unspecified atom stereocenters. The van der Waals surface area contributed by atoms with Crippen molar-refractivity contribution in [2.24, 2.45) is 0 Å². The molecule has 0 aliphatic heterocycles. The van der Waals surface area contributed by atoms with E-state index in [2.05, 4.69) is 23.9 Å². The van der Waals surface area contributed by atoms with E-state index >= 15 is 0 Å². The smallest absolute Gasteiger partial charge is 0.211 e. The fraction of sp³-hybridized carbons (Fsp3) is 1.00. The molecule has 0 fully saturated rings. The second-order valence-corrected chi connectivity index (χ2v) is 6.21. The van der Waals surface area contributed by atoms with Crippen LogP contribution in [0.2, 0.25) is 0 Å². The van der Waals surface area contributed by atoms with E-state index in [0.717, 1.165) is 39.0 Å². The van der Waals surface area contributed by atoms with E-state index in [1.54, 1.807) is 0 Å². The maximum Gasteiger partial charge on any atom is 0.211 e. The van der Waals surface area contributed by atoms with E-state index in [1.807, 2.05) is 0 Å². The highest BCUT2D eigenvalue weighted by molar-refractivity contribution is 7.89. The predicted molar refractivity (Wildman–Crippen MR) is 75.3 cm³/mol. The Labute approximate surface area is 112 Å². The lowest BCUT2D eigenvalue weighted by Crippen LogP contribution is -2.29. The molecule has 0 amide bonds. The summed E-state index contributed by atoms with van der Waals surface area (Å²) in [6.07, 6.45) is 3.45. The summed E-state index contributed by atoms with van der Waals surface area (Å²) in [5.41, 5.74) is 0. The molecule has 110 valence electrons. The first-order valence-electron chi connectivity index (χ1n) is 6.88. The van der Waals surface area contributed by atoms with Crippen molar-refractivity contribution in [2.45, 2.75) is 39.5 Å². The zero-order chi connectivity index (χ0) is 13.7. The Balaban J connectivity index is 3.43. The maximum atomic E-state index is 11.6. The number of hydrogen-bond acceptors (Lipinski definition) is 4. The number of sulfonamides is 1. The van der Waals surface area contributed by atoms with Gasteiger partial charge in [-0.3, -0.25) is 0 Å². The van der Waals surface area contributed by atoms with Crippen molar-refractivity contribution in [1.82, 2.24) is 10.0 Å². The molecule has 0 aliphatic rings.